The molecule has 104 valence electrons. The van der Waals surface area contributed by atoms with Crippen molar-refractivity contribution in [3.05, 3.63) is 64.7 Å². The van der Waals surface area contributed by atoms with Gasteiger partial charge in [0.2, 0.25) is 0 Å². The maximum Gasteiger partial charge on any atom is 0.251 e. The van der Waals surface area contributed by atoms with Gasteiger partial charge in [0.05, 0.1) is 7.11 Å². The average molecular weight is 290 g/mol. The fraction of sp³-hybridized carbons (Fsp3) is 0.188. The van der Waals surface area contributed by atoms with Crippen LogP contribution in [-0.4, -0.2) is 19.6 Å². The van der Waals surface area contributed by atoms with E-state index in [2.05, 4.69) is 5.32 Å². The molecule has 2 rings (SSSR count). The highest BCUT2D eigenvalue weighted by atomic mass is 35.5. The van der Waals surface area contributed by atoms with Crippen LogP contribution in [0.15, 0.2) is 48.5 Å². The minimum absolute atomic E-state index is 0.0883. The highest BCUT2D eigenvalue weighted by molar-refractivity contribution is 6.30. The Morgan fingerprint density at radius 2 is 1.95 bits per heavy atom. The molecule has 0 unspecified atom stereocenters. The van der Waals surface area contributed by atoms with E-state index >= 15 is 0 Å². The molecule has 1 amide bonds. The number of ether oxygens (including phenoxy) is 1. The molecule has 3 nitrogen and oxygen atoms in total. The van der Waals surface area contributed by atoms with Crippen molar-refractivity contribution in [2.75, 3.05) is 13.7 Å². The van der Waals surface area contributed by atoms with Crippen molar-refractivity contribution in [1.29, 1.82) is 0 Å². The summed E-state index contributed by atoms with van der Waals surface area (Å²) in [4.78, 5) is 11.9. The van der Waals surface area contributed by atoms with Crippen molar-refractivity contribution in [1.82, 2.24) is 5.32 Å². The monoisotopic (exact) mass is 289 g/mol. The Bertz CT molecular complexity index is 581. The largest absolute Gasteiger partial charge is 0.497 e. The maximum absolute atomic E-state index is 11.9. The molecule has 20 heavy (non-hydrogen) atoms. The number of hydrogen-bond donors (Lipinski definition) is 1. The molecule has 0 aromatic heterocycles. The summed E-state index contributed by atoms with van der Waals surface area (Å²) < 4.78 is 5.05. The van der Waals surface area contributed by atoms with Gasteiger partial charge in [-0.05, 0) is 48.4 Å². The van der Waals surface area contributed by atoms with Gasteiger partial charge in [-0.25, -0.2) is 0 Å². The highest BCUT2D eigenvalue weighted by Crippen LogP contribution is 2.12. The van der Waals surface area contributed by atoms with Gasteiger partial charge in [-0.2, -0.15) is 0 Å². The zero-order valence-electron chi connectivity index (χ0n) is 11.2. The zero-order valence-corrected chi connectivity index (χ0v) is 12.0. The number of hydrogen-bond acceptors (Lipinski definition) is 2. The van der Waals surface area contributed by atoms with Gasteiger partial charge in [0.1, 0.15) is 5.75 Å². The van der Waals surface area contributed by atoms with Crippen LogP contribution in [0.3, 0.4) is 0 Å². The number of methoxy groups -OCH3 is 1. The van der Waals surface area contributed by atoms with Crippen LogP contribution in [0.2, 0.25) is 5.02 Å². The SMILES string of the molecule is COc1ccc(C(=O)NCCc2cccc(Cl)c2)cc1. The molecule has 0 fully saturated rings. The molecular weight excluding hydrogens is 274 g/mol. The van der Waals surface area contributed by atoms with E-state index in [4.69, 9.17) is 16.3 Å². The van der Waals surface area contributed by atoms with Crippen molar-refractivity contribution in [2.24, 2.45) is 0 Å². The van der Waals surface area contributed by atoms with Gasteiger partial charge in [-0.3, -0.25) is 4.79 Å². The summed E-state index contributed by atoms with van der Waals surface area (Å²) in [6, 6.07) is 14.7. The molecule has 0 aliphatic heterocycles. The molecule has 1 N–H and O–H groups in total. The second kappa shape index (κ2) is 6.96. The molecule has 2 aromatic carbocycles. The predicted molar refractivity (Wildman–Crippen MR) is 80.5 cm³/mol. The first kappa shape index (κ1) is 14.4. The molecule has 0 heterocycles. The maximum atomic E-state index is 11.9. The number of carbonyl (C=O) groups is 1. The highest BCUT2D eigenvalue weighted by Gasteiger charge is 2.04. The van der Waals surface area contributed by atoms with E-state index in [1.165, 1.54) is 0 Å². The molecule has 0 bridgehead atoms. The Hall–Kier alpha value is -2.00. The average Bonchev–Trinajstić information content (AvgIpc) is 2.47. The topological polar surface area (TPSA) is 38.3 Å². The van der Waals surface area contributed by atoms with Crippen LogP contribution in [-0.2, 0) is 6.42 Å². The minimum Gasteiger partial charge on any atom is -0.497 e. The lowest BCUT2D eigenvalue weighted by Crippen LogP contribution is -2.25. The van der Waals surface area contributed by atoms with Crippen LogP contribution in [0.5, 0.6) is 5.75 Å². The Morgan fingerprint density at radius 3 is 2.60 bits per heavy atom. The number of benzene rings is 2. The predicted octanol–water partition coefficient (Wildman–Crippen LogP) is 3.32. The second-order valence-electron chi connectivity index (χ2n) is 4.36. The molecule has 0 atom stereocenters. The Labute approximate surface area is 123 Å². The molecule has 0 radical (unpaired) electrons. The van der Waals surface area contributed by atoms with Gasteiger partial charge in [-0.1, -0.05) is 23.7 Å². The van der Waals surface area contributed by atoms with Crippen molar-refractivity contribution in [2.45, 2.75) is 6.42 Å². The van der Waals surface area contributed by atoms with Gasteiger partial charge in [0.15, 0.2) is 0 Å². The van der Waals surface area contributed by atoms with Crippen LogP contribution < -0.4 is 10.1 Å². The smallest absolute Gasteiger partial charge is 0.251 e. The van der Waals surface area contributed by atoms with E-state index in [1.54, 1.807) is 31.4 Å². The first-order valence-corrected chi connectivity index (χ1v) is 6.73. The fourth-order valence-corrected chi connectivity index (χ4v) is 2.07. The Kier molecular flexibility index (Phi) is 5.02. The summed E-state index contributed by atoms with van der Waals surface area (Å²) in [5.41, 5.74) is 1.73. The van der Waals surface area contributed by atoms with E-state index in [1.807, 2.05) is 24.3 Å². The number of halogens is 1. The van der Waals surface area contributed by atoms with Gasteiger partial charge in [-0.15, -0.1) is 0 Å². The third-order valence-corrected chi connectivity index (χ3v) is 3.18. The molecular formula is C16H16ClNO2. The van der Waals surface area contributed by atoms with E-state index in [0.29, 0.717) is 17.1 Å². The van der Waals surface area contributed by atoms with Gasteiger partial charge >= 0.3 is 0 Å². The lowest BCUT2D eigenvalue weighted by Gasteiger charge is -2.06. The standard InChI is InChI=1S/C16H16ClNO2/c1-20-15-7-5-13(6-8-15)16(19)18-10-9-12-3-2-4-14(17)11-12/h2-8,11H,9-10H2,1H3,(H,18,19). The summed E-state index contributed by atoms with van der Waals surface area (Å²) in [5, 5.41) is 3.59. The quantitative estimate of drug-likeness (QED) is 0.917. The second-order valence-corrected chi connectivity index (χ2v) is 4.80. The van der Waals surface area contributed by atoms with Gasteiger partial charge < -0.3 is 10.1 Å². The Balaban J connectivity index is 1.85. The lowest BCUT2D eigenvalue weighted by atomic mass is 10.1. The van der Waals surface area contributed by atoms with E-state index in [-0.39, 0.29) is 5.91 Å². The number of amides is 1. The zero-order chi connectivity index (χ0) is 14.4. The van der Waals surface area contributed by atoms with E-state index < -0.39 is 0 Å². The summed E-state index contributed by atoms with van der Waals surface area (Å²) in [7, 11) is 1.60. The van der Waals surface area contributed by atoms with Crippen LogP contribution in [0.4, 0.5) is 0 Å². The third kappa shape index (κ3) is 4.00. The first-order chi connectivity index (χ1) is 9.69. The molecule has 4 heteroatoms. The van der Waals surface area contributed by atoms with Gasteiger partial charge in [0.25, 0.3) is 5.91 Å². The van der Waals surface area contributed by atoms with Crippen LogP contribution in [0.1, 0.15) is 15.9 Å². The third-order valence-electron chi connectivity index (χ3n) is 2.94. The van der Waals surface area contributed by atoms with Crippen LogP contribution in [0, 0.1) is 0 Å². The van der Waals surface area contributed by atoms with Crippen molar-refractivity contribution < 1.29 is 9.53 Å². The summed E-state index contributed by atoms with van der Waals surface area (Å²) in [6.45, 7) is 0.575. The molecule has 0 aliphatic carbocycles. The van der Waals surface area contributed by atoms with Crippen molar-refractivity contribution in [3.8, 4) is 5.75 Å². The van der Waals surface area contributed by atoms with E-state index in [0.717, 1.165) is 17.7 Å². The minimum atomic E-state index is -0.0883. The van der Waals surface area contributed by atoms with Crippen molar-refractivity contribution in [3.63, 3.8) is 0 Å². The first-order valence-electron chi connectivity index (χ1n) is 6.36. The molecule has 0 spiro atoms. The number of carbonyl (C=O) groups excluding carboxylic acids is 1. The van der Waals surface area contributed by atoms with Gasteiger partial charge in [0, 0.05) is 17.1 Å². The van der Waals surface area contributed by atoms with E-state index in [9.17, 15) is 4.79 Å². The van der Waals surface area contributed by atoms with Crippen molar-refractivity contribution >= 4 is 17.5 Å². The molecule has 0 saturated heterocycles. The summed E-state index contributed by atoms with van der Waals surface area (Å²) in [5.74, 6) is 0.648. The number of nitrogens with one attached hydrogen (secondary N) is 1. The molecule has 2 aromatic rings. The molecule has 0 saturated carbocycles. The Morgan fingerprint density at radius 1 is 1.20 bits per heavy atom. The fourth-order valence-electron chi connectivity index (χ4n) is 1.86. The summed E-state index contributed by atoms with van der Waals surface area (Å²) >= 11 is 5.91. The van der Waals surface area contributed by atoms with Crippen LogP contribution in [0.25, 0.3) is 0 Å². The summed E-state index contributed by atoms with van der Waals surface area (Å²) in [6.07, 6.45) is 0.752. The lowest BCUT2D eigenvalue weighted by molar-refractivity contribution is 0.0954. The number of rotatable bonds is 5. The molecule has 0 aliphatic rings. The normalized spacial score (nSPS) is 10.1. The van der Waals surface area contributed by atoms with Crippen LogP contribution >= 0.6 is 11.6 Å².